The number of hydrogen-bond donors (Lipinski definition) is 1. The normalized spacial score (nSPS) is 19.1. The Morgan fingerprint density at radius 2 is 2.44 bits per heavy atom. The van der Waals surface area contributed by atoms with Gasteiger partial charge in [-0.15, -0.1) is 11.3 Å². The summed E-state index contributed by atoms with van der Waals surface area (Å²) in [6.45, 7) is 3.67. The lowest BCUT2D eigenvalue weighted by Crippen LogP contribution is -2.24. The predicted molar refractivity (Wildman–Crippen MR) is 74.2 cm³/mol. The summed E-state index contributed by atoms with van der Waals surface area (Å²) < 4.78 is 5.57. The van der Waals surface area contributed by atoms with E-state index in [-0.39, 0.29) is 5.91 Å². The minimum absolute atomic E-state index is 0.0691. The van der Waals surface area contributed by atoms with Gasteiger partial charge in [0.25, 0.3) is 5.91 Å². The van der Waals surface area contributed by atoms with Crippen molar-refractivity contribution in [2.24, 2.45) is 0 Å². The zero-order valence-corrected chi connectivity index (χ0v) is 11.7. The lowest BCUT2D eigenvalue weighted by atomic mass is 10.1. The molecule has 1 N–H and O–H groups in total. The molecule has 1 aliphatic heterocycles. The van der Waals surface area contributed by atoms with Gasteiger partial charge in [0.05, 0.1) is 11.0 Å². The van der Waals surface area contributed by atoms with Crippen LogP contribution in [0.1, 0.15) is 47.3 Å². The van der Waals surface area contributed by atoms with E-state index in [1.807, 2.05) is 18.4 Å². The van der Waals surface area contributed by atoms with Crippen LogP contribution < -0.4 is 5.32 Å². The first-order chi connectivity index (χ1) is 8.77. The molecule has 1 aliphatic rings. The summed E-state index contributed by atoms with van der Waals surface area (Å²) in [5.41, 5.74) is 1.07. The predicted octanol–water partition coefficient (Wildman–Crippen LogP) is 3.14. The van der Waals surface area contributed by atoms with Gasteiger partial charge >= 0.3 is 0 Å². The second-order valence-electron chi connectivity index (χ2n) is 4.82. The Morgan fingerprint density at radius 3 is 3.11 bits per heavy atom. The molecule has 0 aromatic carbocycles. The largest absolute Gasteiger partial charge is 0.378 e. The lowest BCUT2D eigenvalue weighted by molar-refractivity contribution is 0.0950. The molecule has 0 aliphatic carbocycles. The zero-order chi connectivity index (χ0) is 12.8. The highest BCUT2D eigenvalue weighted by atomic mass is 32.1. The van der Waals surface area contributed by atoms with Crippen LogP contribution in [0.15, 0.2) is 11.4 Å². The van der Waals surface area contributed by atoms with Gasteiger partial charge in [-0.25, -0.2) is 0 Å². The van der Waals surface area contributed by atoms with Crippen LogP contribution in [0.2, 0.25) is 0 Å². The molecule has 3 nitrogen and oxygen atoms in total. The molecule has 0 saturated carbocycles. The van der Waals surface area contributed by atoms with E-state index < -0.39 is 0 Å². The fourth-order valence-electron chi connectivity index (χ4n) is 2.26. The van der Waals surface area contributed by atoms with E-state index in [0.717, 1.165) is 42.9 Å². The summed E-state index contributed by atoms with van der Waals surface area (Å²) in [4.78, 5) is 12.7. The van der Waals surface area contributed by atoms with Crippen molar-refractivity contribution in [2.75, 3.05) is 13.2 Å². The maximum absolute atomic E-state index is 11.8. The number of amides is 1. The van der Waals surface area contributed by atoms with Crippen molar-refractivity contribution in [1.29, 1.82) is 0 Å². The number of rotatable bonds is 6. The second kappa shape index (κ2) is 6.90. The molecule has 0 radical (unpaired) electrons. The summed E-state index contributed by atoms with van der Waals surface area (Å²) in [5.74, 6) is 0.0691. The fourth-order valence-corrected chi connectivity index (χ4v) is 3.10. The van der Waals surface area contributed by atoms with E-state index in [1.165, 1.54) is 24.2 Å². The highest BCUT2D eigenvalue weighted by Gasteiger charge is 2.14. The molecule has 18 heavy (non-hydrogen) atoms. The Balaban J connectivity index is 1.58. The number of nitrogens with one attached hydrogen (secondary N) is 1. The van der Waals surface area contributed by atoms with E-state index in [9.17, 15) is 4.79 Å². The molecule has 0 spiro atoms. The standard InChI is InChI=1S/C14H21NO2S/c1-11-7-10-18-13(11)14(16)15-8-3-2-5-12-6-4-9-17-12/h7,10,12H,2-6,8-9H2,1H3,(H,15,16). The number of carbonyl (C=O) groups is 1. The molecule has 0 bridgehead atoms. The smallest absolute Gasteiger partial charge is 0.261 e. The maximum atomic E-state index is 11.8. The number of ether oxygens (including phenoxy) is 1. The Kier molecular flexibility index (Phi) is 5.20. The molecule has 1 fully saturated rings. The molecular weight excluding hydrogens is 246 g/mol. The SMILES string of the molecule is Cc1ccsc1C(=O)NCCCCC1CCCO1. The van der Waals surface area contributed by atoms with Gasteiger partial charge in [0, 0.05) is 13.2 Å². The molecule has 2 heterocycles. The maximum Gasteiger partial charge on any atom is 0.261 e. The Morgan fingerprint density at radius 1 is 1.56 bits per heavy atom. The Bertz CT molecular complexity index is 383. The molecule has 1 amide bonds. The fraction of sp³-hybridized carbons (Fsp3) is 0.643. The first-order valence-electron chi connectivity index (χ1n) is 6.71. The molecule has 2 rings (SSSR count). The molecule has 1 aromatic heterocycles. The van der Waals surface area contributed by atoms with Gasteiger partial charge < -0.3 is 10.1 Å². The minimum atomic E-state index is 0.0691. The van der Waals surface area contributed by atoms with Crippen LogP contribution in [-0.4, -0.2) is 25.2 Å². The van der Waals surface area contributed by atoms with Crippen LogP contribution >= 0.6 is 11.3 Å². The molecule has 1 atom stereocenters. The summed E-state index contributed by atoms with van der Waals surface area (Å²) in [6.07, 6.45) is 6.19. The van der Waals surface area contributed by atoms with Gasteiger partial charge in [-0.05, 0) is 56.0 Å². The van der Waals surface area contributed by atoms with Gasteiger partial charge in [0.1, 0.15) is 0 Å². The third kappa shape index (κ3) is 3.82. The van der Waals surface area contributed by atoms with Gasteiger partial charge in [0.2, 0.25) is 0 Å². The van der Waals surface area contributed by atoms with Crippen LogP contribution in [0.3, 0.4) is 0 Å². The minimum Gasteiger partial charge on any atom is -0.378 e. The monoisotopic (exact) mass is 267 g/mol. The summed E-state index contributed by atoms with van der Waals surface area (Å²) >= 11 is 1.51. The van der Waals surface area contributed by atoms with Gasteiger partial charge in [0.15, 0.2) is 0 Å². The molecular formula is C14H21NO2S. The van der Waals surface area contributed by atoms with Crippen molar-refractivity contribution in [3.05, 3.63) is 21.9 Å². The lowest BCUT2D eigenvalue weighted by Gasteiger charge is -2.09. The van der Waals surface area contributed by atoms with Crippen molar-refractivity contribution in [2.45, 2.75) is 45.1 Å². The number of aryl methyl sites for hydroxylation is 1. The van der Waals surface area contributed by atoms with E-state index in [1.54, 1.807) is 0 Å². The number of unbranched alkanes of at least 4 members (excludes halogenated alkanes) is 1. The van der Waals surface area contributed by atoms with Crippen LogP contribution in [-0.2, 0) is 4.74 Å². The Hall–Kier alpha value is -0.870. The van der Waals surface area contributed by atoms with Crippen molar-refractivity contribution >= 4 is 17.2 Å². The van der Waals surface area contributed by atoms with Crippen LogP contribution in [0, 0.1) is 6.92 Å². The molecule has 100 valence electrons. The topological polar surface area (TPSA) is 38.3 Å². The average Bonchev–Trinajstić information content (AvgIpc) is 2.99. The quantitative estimate of drug-likeness (QED) is 0.804. The highest BCUT2D eigenvalue weighted by Crippen LogP contribution is 2.17. The summed E-state index contributed by atoms with van der Waals surface area (Å²) in [7, 11) is 0. The zero-order valence-electron chi connectivity index (χ0n) is 10.9. The van der Waals surface area contributed by atoms with Crippen LogP contribution in [0.4, 0.5) is 0 Å². The second-order valence-corrected chi connectivity index (χ2v) is 5.74. The van der Waals surface area contributed by atoms with Crippen molar-refractivity contribution in [3.8, 4) is 0 Å². The third-order valence-electron chi connectivity index (χ3n) is 3.33. The van der Waals surface area contributed by atoms with Gasteiger partial charge in [-0.1, -0.05) is 0 Å². The first kappa shape index (κ1) is 13.6. The third-order valence-corrected chi connectivity index (χ3v) is 4.35. The molecule has 4 heteroatoms. The van der Waals surface area contributed by atoms with E-state index in [4.69, 9.17) is 4.74 Å². The van der Waals surface area contributed by atoms with Gasteiger partial charge in [-0.3, -0.25) is 4.79 Å². The molecule has 1 unspecified atom stereocenters. The average molecular weight is 267 g/mol. The number of hydrogen-bond acceptors (Lipinski definition) is 3. The van der Waals surface area contributed by atoms with Crippen molar-refractivity contribution in [3.63, 3.8) is 0 Å². The number of thiophene rings is 1. The molecule has 1 saturated heterocycles. The first-order valence-corrected chi connectivity index (χ1v) is 7.59. The molecule has 1 aromatic rings. The summed E-state index contributed by atoms with van der Waals surface area (Å²) in [5, 5.41) is 4.94. The van der Waals surface area contributed by atoms with Crippen LogP contribution in [0.25, 0.3) is 0 Å². The number of carbonyl (C=O) groups excluding carboxylic acids is 1. The van der Waals surface area contributed by atoms with Crippen molar-refractivity contribution < 1.29 is 9.53 Å². The van der Waals surface area contributed by atoms with E-state index in [2.05, 4.69) is 5.32 Å². The van der Waals surface area contributed by atoms with E-state index in [0.29, 0.717) is 6.10 Å². The van der Waals surface area contributed by atoms with Crippen LogP contribution in [0.5, 0.6) is 0 Å². The summed E-state index contributed by atoms with van der Waals surface area (Å²) in [6, 6.07) is 1.98. The van der Waals surface area contributed by atoms with E-state index >= 15 is 0 Å². The van der Waals surface area contributed by atoms with Gasteiger partial charge in [-0.2, -0.15) is 0 Å². The Labute approximate surface area is 113 Å². The highest BCUT2D eigenvalue weighted by molar-refractivity contribution is 7.12. The van der Waals surface area contributed by atoms with Crippen molar-refractivity contribution in [1.82, 2.24) is 5.32 Å².